The molecule has 0 bridgehead atoms. The molecule has 0 spiro atoms. The maximum absolute atomic E-state index is 15.0. The van der Waals surface area contributed by atoms with Crippen LogP contribution in [0.1, 0.15) is 35.7 Å². The molecule has 2 aliphatic rings. The molecule has 9 heteroatoms. The number of halogens is 1. The highest BCUT2D eigenvalue weighted by Crippen LogP contribution is 2.43. The van der Waals surface area contributed by atoms with Gasteiger partial charge in [0, 0.05) is 44.8 Å². The Morgan fingerprint density at radius 1 is 1.39 bits per heavy atom. The molecule has 0 atom stereocenters. The summed E-state index contributed by atoms with van der Waals surface area (Å²) >= 11 is 0. The first-order chi connectivity index (χ1) is 14.9. The number of anilines is 1. The van der Waals surface area contributed by atoms with E-state index in [1.54, 1.807) is 10.6 Å². The van der Waals surface area contributed by atoms with Gasteiger partial charge in [0.05, 0.1) is 18.0 Å². The molecule has 4 rings (SSSR count). The number of hydrogen-bond acceptors (Lipinski definition) is 6. The van der Waals surface area contributed by atoms with Crippen LogP contribution in [0.2, 0.25) is 0 Å². The van der Waals surface area contributed by atoms with Crippen molar-refractivity contribution in [2.75, 3.05) is 38.2 Å². The zero-order valence-corrected chi connectivity index (χ0v) is 17.4. The Morgan fingerprint density at radius 2 is 2.06 bits per heavy atom. The Kier molecular flexibility index (Phi) is 7.06. The van der Waals surface area contributed by atoms with Gasteiger partial charge >= 0.3 is 5.97 Å². The number of carbonyl (C=O) groups excluding carboxylic acids is 1. The average Bonchev–Trinajstić information content (AvgIpc) is 3.60. The van der Waals surface area contributed by atoms with Crippen molar-refractivity contribution < 1.29 is 23.8 Å². The zero-order valence-electron chi connectivity index (χ0n) is 17.4. The summed E-state index contributed by atoms with van der Waals surface area (Å²) in [5.74, 6) is -1.59. The SMILES string of the molecule is C=CCC=O.COc1c(N2CCNCC2)c(F)cc2c(=O)c(C(=O)O)cn(C3CC3)c12. The maximum atomic E-state index is 15.0. The van der Waals surface area contributed by atoms with Crippen LogP contribution in [0.3, 0.4) is 0 Å². The number of hydrogen-bond donors (Lipinski definition) is 2. The number of aromatic nitrogens is 1. The minimum absolute atomic E-state index is 0.0463. The molecule has 1 aliphatic carbocycles. The molecule has 1 aliphatic heterocycles. The molecule has 8 nitrogen and oxygen atoms in total. The molecule has 2 fully saturated rings. The lowest BCUT2D eigenvalue weighted by Gasteiger charge is -2.31. The average molecular weight is 431 g/mol. The molecule has 166 valence electrons. The highest BCUT2D eigenvalue weighted by molar-refractivity contribution is 5.97. The molecule has 1 aromatic heterocycles. The second-order valence-corrected chi connectivity index (χ2v) is 7.38. The van der Waals surface area contributed by atoms with Crippen molar-refractivity contribution in [3.05, 3.63) is 46.5 Å². The molecule has 2 N–H and O–H groups in total. The molecule has 0 amide bonds. The Labute approximate surface area is 178 Å². The number of benzene rings is 1. The van der Waals surface area contributed by atoms with Gasteiger partial charge in [-0.15, -0.1) is 6.58 Å². The van der Waals surface area contributed by atoms with Crippen LogP contribution < -0.4 is 20.4 Å². The van der Waals surface area contributed by atoms with E-state index in [2.05, 4.69) is 11.9 Å². The number of aromatic carboxylic acids is 1. The number of nitrogens with one attached hydrogen (secondary N) is 1. The van der Waals surface area contributed by atoms with Crippen molar-refractivity contribution in [1.29, 1.82) is 0 Å². The number of rotatable bonds is 6. The summed E-state index contributed by atoms with van der Waals surface area (Å²) in [6, 6.07) is 1.26. The van der Waals surface area contributed by atoms with Gasteiger partial charge in [-0.2, -0.15) is 0 Å². The number of allylic oxidation sites excluding steroid dienone is 1. The van der Waals surface area contributed by atoms with Crippen LogP contribution in [-0.4, -0.2) is 55.2 Å². The fourth-order valence-electron chi connectivity index (χ4n) is 3.68. The number of pyridine rings is 1. The molecule has 31 heavy (non-hydrogen) atoms. The number of carboxylic acids is 1. The predicted molar refractivity (Wildman–Crippen MR) is 116 cm³/mol. The number of piperazine rings is 1. The largest absolute Gasteiger partial charge is 0.492 e. The normalized spacial score (nSPS) is 15.7. The van der Waals surface area contributed by atoms with E-state index in [-0.39, 0.29) is 17.0 Å². The van der Waals surface area contributed by atoms with Gasteiger partial charge in [0.2, 0.25) is 5.43 Å². The van der Waals surface area contributed by atoms with Gasteiger partial charge in [-0.25, -0.2) is 9.18 Å². The zero-order chi connectivity index (χ0) is 22.5. The van der Waals surface area contributed by atoms with Crippen LogP contribution in [0, 0.1) is 5.82 Å². The van der Waals surface area contributed by atoms with Gasteiger partial charge < -0.3 is 29.4 Å². The lowest BCUT2D eigenvalue weighted by atomic mass is 10.1. The fourth-order valence-corrected chi connectivity index (χ4v) is 3.68. The molecule has 1 saturated heterocycles. The number of carbonyl (C=O) groups is 2. The fraction of sp³-hybridized carbons (Fsp3) is 0.409. The molecule has 0 radical (unpaired) electrons. The maximum Gasteiger partial charge on any atom is 0.341 e. The smallest absolute Gasteiger partial charge is 0.341 e. The van der Waals surface area contributed by atoms with Crippen molar-refractivity contribution in [3.63, 3.8) is 0 Å². The number of fused-ring (bicyclic) bond motifs is 1. The summed E-state index contributed by atoms with van der Waals surface area (Å²) in [6.07, 6.45) is 5.99. The van der Waals surface area contributed by atoms with E-state index in [0.29, 0.717) is 36.5 Å². The summed E-state index contributed by atoms with van der Waals surface area (Å²) in [5.41, 5.74) is -0.229. The Balaban J connectivity index is 0.000000491. The lowest BCUT2D eigenvalue weighted by molar-refractivity contribution is -0.107. The van der Waals surface area contributed by atoms with Crippen LogP contribution in [0.25, 0.3) is 10.9 Å². The van der Waals surface area contributed by atoms with E-state index in [9.17, 15) is 23.9 Å². The highest BCUT2D eigenvalue weighted by atomic mass is 19.1. The number of methoxy groups -OCH3 is 1. The van der Waals surface area contributed by atoms with Gasteiger partial charge in [0.15, 0.2) is 11.6 Å². The van der Waals surface area contributed by atoms with E-state index >= 15 is 0 Å². The van der Waals surface area contributed by atoms with Gasteiger partial charge in [-0.1, -0.05) is 6.08 Å². The van der Waals surface area contributed by atoms with Crippen LogP contribution in [-0.2, 0) is 4.79 Å². The molecule has 0 unspecified atom stereocenters. The first kappa shape index (κ1) is 22.5. The Bertz CT molecular complexity index is 1050. The lowest BCUT2D eigenvalue weighted by Crippen LogP contribution is -2.44. The minimum Gasteiger partial charge on any atom is -0.492 e. The third kappa shape index (κ3) is 4.61. The van der Waals surface area contributed by atoms with Crippen molar-refractivity contribution in [2.24, 2.45) is 0 Å². The third-order valence-corrected chi connectivity index (χ3v) is 5.27. The Morgan fingerprint density at radius 3 is 2.55 bits per heavy atom. The van der Waals surface area contributed by atoms with Crippen LogP contribution >= 0.6 is 0 Å². The van der Waals surface area contributed by atoms with Crippen LogP contribution in [0.15, 0.2) is 29.7 Å². The quantitative estimate of drug-likeness (QED) is 0.535. The topological polar surface area (TPSA) is 101 Å². The molecular formula is C22H26FN3O5. The number of ether oxygens (including phenoxy) is 1. The second-order valence-electron chi connectivity index (χ2n) is 7.38. The van der Waals surface area contributed by atoms with E-state index in [4.69, 9.17) is 4.74 Å². The van der Waals surface area contributed by atoms with Gasteiger partial charge in [-0.3, -0.25) is 4.79 Å². The third-order valence-electron chi connectivity index (χ3n) is 5.27. The number of carboxylic acid groups (broad SMARTS) is 1. The second kappa shape index (κ2) is 9.74. The van der Waals surface area contributed by atoms with E-state index in [1.807, 2.05) is 4.90 Å². The Hall–Kier alpha value is -3.20. The first-order valence-electron chi connectivity index (χ1n) is 10.1. The van der Waals surface area contributed by atoms with Gasteiger partial charge in [-0.05, 0) is 18.9 Å². The monoisotopic (exact) mass is 431 g/mol. The van der Waals surface area contributed by atoms with Crippen LogP contribution in [0.4, 0.5) is 10.1 Å². The van der Waals surface area contributed by atoms with Gasteiger partial charge in [0.25, 0.3) is 0 Å². The number of aldehydes is 1. The summed E-state index contributed by atoms with van der Waals surface area (Å²) in [4.78, 5) is 35.3. The van der Waals surface area contributed by atoms with E-state index in [0.717, 1.165) is 38.3 Å². The summed E-state index contributed by atoms with van der Waals surface area (Å²) in [7, 11) is 1.45. The minimum atomic E-state index is -1.31. The van der Waals surface area contributed by atoms with E-state index in [1.165, 1.54) is 13.3 Å². The summed E-state index contributed by atoms with van der Waals surface area (Å²) in [6.45, 7) is 6.03. The molecule has 1 aromatic carbocycles. The standard InChI is InChI=1S/C18H20FN3O4.C4H6O/c1-26-17-14-11(8-13(19)15(17)21-6-4-20-5-7-21)16(23)12(18(24)25)9-22(14)10-2-3-10;1-2-3-4-5/h8-10,20H,2-7H2,1H3,(H,24,25);2,4H,1,3H2. The highest BCUT2D eigenvalue weighted by Gasteiger charge is 2.31. The number of nitrogens with zero attached hydrogens (tertiary/aromatic N) is 2. The molecular weight excluding hydrogens is 405 g/mol. The van der Waals surface area contributed by atoms with Crippen molar-refractivity contribution in [1.82, 2.24) is 9.88 Å². The molecule has 2 aromatic rings. The van der Waals surface area contributed by atoms with Crippen molar-refractivity contribution >= 4 is 28.8 Å². The summed E-state index contributed by atoms with van der Waals surface area (Å²) < 4.78 is 22.3. The molecule has 2 heterocycles. The van der Waals surface area contributed by atoms with Crippen molar-refractivity contribution in [2.45, 2.75) is 25.3 Å². The molecule has 1 saturated carbocycles. The summed E-state index contributed by atoms with van der Waals surface area (Å²) in [5, 5.41) is 12.6. The van der Waals surface area contributed by atoms with Gasteiger partial charge in [0.1, 0.15) is 17.5 Å². The van der Waals surface area contributed by atoms with Crippen LogP contribution in [0.5, 0.6) is 5.75 Å². The van der Waals surface area contributed by atoms with E-state index < -0.39 is 17.2 Å². The van der Waals surface area contributed by atoms with Crippen molar-refractivity contribution in [3.8, 4) is 5.75 Å². The predicted octanol–water partition coefficient (Wildman–Crippen LogP) is 2.35. The first-order valence-corrected chi connectivity index (χ1v) is 10.1.